The van der Waals surface area contributed by atoms with Gasteiger partial charge in [0.1, 0.15) is 11.6 Å². The highest BCUT2D eigenvalue weighted by Gasteiger charge is 2.18. The number of ether oxygens (including phenoxy) is 1. The van der Waals surface area contributed by atoms with Crippen LogP contribution in [-0.2, 0) is 0 Å². The molecular formula is C22H23F3N2O. The van der Waals surface area contributed by atoms with Gasteiger partial charge in [0.15, 0.2) is 0 Å². The molecule has 28 heavy (non-hydrogen) atoms. The molecule has 0 aliphatic heterocycles. The number of nitrogens with zero attached hydrogens (tertiary/aromatic N) is 2. The smallest absolute Gasteiger partial charge is 0.267 e. The lowest BCUT2D eigenvalue weighted by Crippen LogP contribution is -2.12. The second-order valence-electron chi connectivity index (χ2n) is 7.47. The van der Waals surface area contributed by atoms with E-state index in [1.54, 1.807) is 12.1 Å². The molecule has 1 atom stereocenters. The number of hydrogen-bond donors (Lipinski definition) is 0. The van der Waals surface area contributed by atoms with Crippen LogP contribution >= 0.6 is 0 Å². The van der Waals surface area contributed by atoms with Crippen molar-refractivity contribution in [2.45, 2.75) is 33.6 Å². The van der Waals surface area contributed by atoms with Gasteiger partial charge in [0, 0.05) is 23.2 Å². The van der Waals surface area contributed by atoms with Crippen molar-refractivity contribution in [2.24, 2.45) is 11.8 Å². The number of halogens is 3. The van der Waals surface area contributed by atoms with Crippen LogP contribution in [0, 0.1) is 17.7 Å². The SMILES string of the molecule is CC(C)C[C@@H](C)COc1cnc(-c2ccnc3cc(F)ccc23)cc1C(F)F. The van der Waals surface area contributed by atoms with Gasteiger partial charge < -0.3 is 4.74 Å². The molecule has 148 valence electrons. The predicted octanol–water partition coefficient (Wildman–Crippen LogP) is 6.43. The first-order chi connectivity index (χ1) is 13.3. The van der Waals surface area contributed by atoms with E-state index in [0.29, 0.717) is 34.7 Å². The molecule has 0 fully saturated rings. The van der Waals surface area contributed by atoms with Gasteiger partial charge in [-0.25, -0.2) is 13.2 Å². The van der Waals surface area contributed by atoms with Gasteiger partial charge >= 0.3 is 0 Å². The van der Waals surface area contributed by atoms with E-state index in [1.807, 2.05) is 6.92 Å². The minimum absolute atomic E-state index is 0.0961. The fourth-order valence-electron chi connectivity index (χ4n) is 3.35. The van der Waals surface area contributed by atoms with Crippen LogP contribution in [0.5, 0.6) is 5.75 Å². The maximum Gasteiger partial charge on any atom is 0.267 e. The zero-order valence-electron chi connectivity index (χ0n) is 16.1. The van der Waals surface area contributed by atoms with Crippen LogP contribution in [0.1, 0.15) is 39.2 Å². The number of alkyl halides is 2. The van der Waals surface area contributed by atoms with Gasteiger partial charge in [-0.1, -0.05) is 20.8 Å². The summed E-state index contributed by atoms with van der Waals surface area (Å²) in [5, 5.41) is 0.649. The molecule has 3 rings (SSSR count). The predicted molar refractivity (Wildman–Crippen MR) is 104 cm³/mol. The molecule has 0 unspecified atom stereocenters. The summed E-state index contributed by atoms with van der Waals surface area (Å²) < 4.78 is 46.4. The molecule has 2 aromatic heterocycles. The van der Waals surface area contributed by atoms with Crippen LogP contribution in [0.2, 0.25) is 0 Å². The van der Waals surface area contributed by atoms with E-state index in [9.17, 15) is 13.2 Å². The van der Waals surface area contributed by atoms with Crippen LogP contribution in [0.3, 0.4) is 0 Å². The van der Waals surface area contributed by atoms with E-state index in [-0.39, 0.29) is 17.2 Å². The quantitative estimate of drug-likeness (QED) is 0.467. The Morgan fingerprint density at radius 2 is 1.82 bits per heavy atom. The largest absolute Gasteiger partial charge is 0.491 e. The van der Waals surface area contributed by atoms with Gasteiger partial charge in [-0.05, 0) is 42.5 Å². The van der Waals surface area contributed by atoms with Crippen LogP contribution < -0.4 is 4.74 Å². The number of rotatable bonds is 7. The highest BCUT2D eigenvalue weighted by atomic mass is 19.3. The van der Waals surface area contributed by atoms with E-state index in [0.717, 1.165) is 6.42 Å². The summed E-state index contributed by atoms with van der Waals surface area (Å²) in [6, 6.07) is 7.22. The fraction of sp³-hybridized carbons (Fsp3) is 0.364. The van der Waals surface area contributed by atoms with Crippen LogP contribution in [0.25, 0.3) is 22.2 Å². The second-order valence-corrected chi connectivity index (χ2v) is 7.47. The third-order valence-electron chi connectivity index (χ3n) is 4.51. The van der Waals surface area contributed by atoms with Crippen LogP contribution in [0.4, 0.5) is 13.2 Å². The van der Waals surface area contributed by atoms with Crippen molar-refractivity contribution >= 4 is 10.9 Å². The molecule has 0 N–H and O–H groups in total. The molecule has 3 aromatic rings. The Hall–Kier alpha value is -2.63. The fourth-order valence-corrected chi connectivity index (χ4v) is 3.35. The molecule has 1 aromatic carbocycles. The second kappa shape index (κ2) is 8.59. The van der Waals surface area contributed by atoms with E-state index in [4.69, 9.17) is 4.74 Å². The van der Waals surface area contributed by atoms with Gasteiger partial charge in [0.25, 0.3) is 6.43 Å². The average Bonchev–Trinajstić information content (AvgIpc) is 2.65. The van der Waals surface area contributed by atoms with Gasteiger partial charge in [0.05, 0.1) is 29.6 Å². The van der Waals surface area contributed by atoms with E-state index >= 15 is 0 Å². The Morgan fingerprint density at radius 1 is 1.04 bits per heavy atom. The number of aromatic nitrogens is 2. The summed E-state index contributed by atoms with van der Waals surface area (Å²) in [4.78, 5) is 8.46. The lowest BCUT2D eigenvalue weighted by Gasteiger charge is -2.17. The molecule has 0 radical (unpaired) electrons. The first kappa shape index (κ1) is 20.1. The normalized spacial score (nSPS) is 12.7. The highest BCUT2D eigenvalue weighted by molar-refractivity contribution is 5.93. The molecule has 0 aliphatic carbocycles. The van der Waals surface area contributed by atoms with Crippen molar-refractivity contribution in [3.05, 3.63) is 54.1 Å². The maximum atomic E-state index is 13.7. The Bertz CT molecular complexity index is 960. The molecular weight excluding hydrogens is 365 g/mol. The van der Waals surface area contributed by atoms with Gasteiger partial charge in [-0.15, -0.1) is 0 Å². The number of fused-ring (bicyclic) bond motifs is 1. The molecule has 0 saturated carbocycles. The lowest BCUT2D eigenvalue weighted by molar-refractivity contribution is 0.142. The first-order valence-electron chi connectivity index (χ1n) is 9.30. The third kappa shape index (κ3) is 4.61. The van der Waals surface area contributed by atoms with Crippen molar-refractivity contribution in [2.75, 3.05) is 6.61 Å². The van der Waals surface area contributed by atoms with E-state index in [2.05, 4.69) is 23.8 Å². The van der Waals surface area contributed by atoms with Crippen molar-refractivity contribution in [3.8, 4) is 17.0 Å². The molecule has 3 nitrogen and oxygen atoms in total. The summed E-state index contributed by atoms with van der Waals surface area (Å²) >= 11 is 0. The Morgan fingerprint density at radius 3 is 2.54 bits per heavy atom. The Balaban J connectivity index is 1.93. The van der Waals surface area contributed by atoms with Crippen LogP contribution in [-0.4, -0.2) is 16.6 Å². The molecule has 0 saturated heterocycles. The monoisotopic (exact) mass is 388 g/mol. The molecule has 0 spiro atoms. The topological polar surface area (TPSA) is 35.0 Å². The van der Waals surface area contributed by atoms with Crippen molar-refractivity contribution < 1.29 is 17.9 Å². The molecule has 2 heterocycles. The standard InChI is InChI=1S/C22H23F3N2O/c1-13(2)8-14(3)12-28-21-11-27-20(10-18(21)22(24)25)17-6-7-26-19-9-15(23)4-5-16(17)19/h4-7,9-11,13-14,22H,8,12H2,1-3H3/t14-/m1/s1. The third-order valence-corrected chi connectivity index (χ3v) is 4.51. The van der Waals surface area contributed by atoms with Crippen molar-refractivity contribution in [3.63, 3.8) is 0 Å². The molecule has 0 bridgehead atoms. The summed E-state index contributed by atoms with van der Waals surface area (Å²) in [5.41, 5.74) is 1.23. The summed E-state index contributed by atoms with van der Waals surface area (Å²) in [6.07, 6.45) is 1.12. The Labute approximate surface area is 162 Å². The summed E-state index contributed by atoms with van der Waals surface area (Å²) in [6.45, 7) is 6.62. The maximum absolute atomic E-state index is 13.7. The zero-order valence-corrected chi connectivity index (χ0v) is 16.1. The molecule has 6 heteroatoms. The van der Waals surface area contributed by atoms with E-state index in [1.165, 1.54) is 30.6 Å². The number of pyridine rings is 2. The minimum Gasteiger partial charge on any atom is -0.491 e. The minimum atomic E-state index is -2.69. The van der Waals surface area contributed by atoms with Crippen molar-refractivity contribution in [1.29, 1.82) is 0 Å². The van der Waals surface area contributed by atoms with Gasteiger partial charge in [-0.3, -0.25) is 9.97 Å². The zero-order chi connectivity index (χ0) is 20.3. The van der Waals surface area contributed by atoms with E-state index < -0.39 is 12.2 Å². The lowest BCUT2D eigenvalue weighted by atomic mass is 10.00. The number of benzene rings is 1. The highest BCUT2D eigenvalue weighted by Crippen LogP contribution is 2.34. The average molecular weight is 388 g/mol. The molecule has 0 amide bonds. The number of hydrogen-bond acceptors (Lipinski definition) is 3. The van der Waals surface area contributed by atoms with Gasteiger partial charge in [0.2, 0.25) is 0 Å². The summed E-state index contributed by atoms with van der Waals surface area (Å²) in [5.74, 6) is 0.458. The summed E-state index contributed by atoms with van der Waals surface area (Å²) in [7, 11) is 0. The van der Waals surface area contributed by atoms with Crippen molar-refractivity contribution in [1.82, 2.24) is 9.97 Å². The van der Waals surface area contributed by atoms with Gasteiger partial charge in [-0.2, -0.15) is 0 Å². The van der Waals surface area contributed by atoms with Crippen LogP contribution in [0.15, 0.2) is 42.7 Å². The Kier molecular flexibility index (Phi) is 6.17. The molecule has 0 aliphatic rings. The first-order valence-corrected chi connectivity index (χ1v) is 9.30.